The van der Waals surface area contributed by atoms with Gasteiger partial charge in [0.05, 0.1) is 3.63 Å². The third-order valence-corrected chi connectivity index (χ3v) is 4.71. The first kappa shape index (κ1) is 11.1. The average Bonchev–Trinajstić information content (AvgIpc) is 2.03. The van der Waals surface area contributed by atoms with E-state index in [2.05, 4.69) is 44.8 Å². The van der Waals surface area contributed by atoms with Crippen LogP contribution in [0.5, 0.6) is 0 Å². The van der Waals surface area contributed by atoms with Crippen molar-refractivity contribution in [1.82, 2.24) is 0 Å². The number of nitrogens with zero attached hydrogens (tertiary/aromatic N) is 1. The number of aliphatic imine (C=N–C) groups is 1. The lowest BCUT2D eigenvalue weighted by Crippen LogP contribution is -2.21. The van der Waals surface area contributed by atoms with Crippen molar-refractivity contribution in [2.75, 3.05) is 0 Å². The fourth-order valence-corrected chi connectivity index (χ4v) is 3.01. The molecule has 0 N–H and O–H groups in total. The van der Waals surface area contributed by atoms with E-state index < -0.39 is 0 Å². The van der Waals surface area contributed by atoms with Crippen molar-refractivity contribution in [3.05, 3.63) is 10.2 Å². The van der Waals surface area contributed by atoms with Crippen LogP contribution < -0.4 is 0 Å². The predicted molar refractivity (Wildman–Crippen MR) is 69.9 cm³/mol. The SMILES string of the molecule is CC(C)C1=IC=CC(C(C)(C)C)=N1. The first-order valence-corrected chi connectivity index (χ1v) is 6.99. The minimum absolute atomic E-state index is 0.0816. The van der Waals surface area contributed by atoms with E-state index in [0.717, 1.165) is 0 Å². The van der Waals surface area contributed by atoms with Gasteiger partial charge in [0.2, 0.25) is 0 Å². The Bertz CT molecular complexity index is 277. The molecular formula is C11H18IN. The highest BCUT2D eigenvalue weighted by Gasteiger charge is 2.19. The van der Waals surface area contributed by atoms with Crippen molar-refractivity contribution in [3.8, 4) is 0 Å². The fourth-order valence-electron chi connectivity index (χ4n) is 1.01. The standard InChI is InChI=1S/C11H18IN/c1-8(2)10-12-7-6-9(13-10)11(3,4)5/h6-8H,1-5H3. The van der Waals surface area contributed by atoms with Gasteiger partial charge in [0.1, 0.15) is 0 Å². The second kappa shape index (κ2) is 4.03. The molecule has 0 aromatic carbocycles. The summed E-state index contributed by atoms with van der Waals surface area (Å²) in [5.74, 6) is 0.620. The highest BCUT2D eigenvalue weighted by molar-refractivity contribution is 14.2. The lowest BCUT2D eigenvalue weighted by atomic mass is 9.90. The average molecular weight is 291 g/mol. The van der Waals surface area contributed by atoms with E-state index in [0.29, 0.717) is 5.92 Å². The van der Waals surface area contributed by atoms with E-state index in [1.54, 1.807) is 0 Å². The summed E-state index contributed by atoms with van der Waals surface area (Å²) in [5, 5.41) is 0. The van der Waals surface area contributed by atoms with Gasteiger partial charge in [-0.25, -0.2) is 0 Å². The summed E-state index contributed by atoms with van der Waals surface area (Å²) in [5.41, 5.74) is 1.43. The molecular weight excluding hydrogens is 273 g/mol. The van der Waals surface area contributed by atoms with Crippen LogP contribution in [-0.4, -0.2) is 9.34 Å². The van der Waals surface area contributed by atoms with Gasteiger partial charge >= 0.3 is 0 Å². The Labute approximate surface area is 91.1 Å². The van der Waals surface area contributed by atoms with Crippen LogP contribution in [0.25, 0.3) is 0 Å². The highest BCUT2D eigenvalue weighted by atomic mass is 127. The van der Waals surface area contributed by atoms with Gasteiger partial charge in [-0.05, 0) is 10.2 Å². The third-order valence-electron chi connectivity index (χ3n) is 1.87. The van der Waals surface area contributed by atoms with Crippen LogP contribution in [-0.2, 0) is 0 Å². The molecule has 0 spiro atoms. The Balaban J connectivity index is 2.94. The Hall–Kier alpha value is 0.01000. The number of hydrogen-bond donors (Lipinski definition) is 0. The van der Waals surface area contributed by atoms with Crippen LogP contribution in [0.1, 0.15) is 34.6 Å². The van der Waals surface area contributed by atoms with Crippen LogP contribution in [0.2, 0.25) is 0 Å². The van der Waals surface area contributed by atoms with Gasteiger partial charge in [-0.15, -0.1) is 0 Å². The van der Waals surface area contributed by atoms with Crippen molar-refractivity contribution in [3.63, 3.8) is 0 Å². The molecule has 74 valence electrons. The zero-order chi connectivity index (χ0) is 10.1. The molecule has 2 heteroatoms. The molecule has 1 nitrogen and oxygen atoms in total. The molecule has 13 heavy (non-hydrogen) atoms. The number of hydrogen-bond acceptors (Lipinski definition) is 1. The van der Waals surface area contributed by atoms with E-state index in [1.165, 1.54) is 9.34 Å². The molecule has 1 heterocycles. The van der Waals surface area contributed by atoms with Crippen LogP contribution >= 0.6 is 20.7 Å². The summed E-state index contributed by atoms with van der Waals surface area (Å²) in [7, 11) is 0. The second-order valence-corrected chi connectivity index (χ2v) is 7.07. The first-order valence-electron chi connectivity index (χ1n) is 4.67. The van der Waals surface area contributed by atoms with E-state index in [4.69, 9.17) is 4.99 Å². The summed E-state index contributed by atoms with van der Waals surface area (Å²) < 4.78 is 3.76. The summed E-state index contributed by atoms with van der Waals surface area (Å²) >= 11 is 0.0816. The lowest BCUT2D eigenvalue weighted by molar-refractivity contribution is 0.594. The monoisotopic (exact) mass is 291 g/mol. The van der Waals surface area contributed by atoms with Gasteiger partial charge in [0.25, 0.3) is 0 Å². The Kier molecular flexibility index (Phi) is 3.44. The minimum atomic E-state index is 0.0816. The second-order valence-electron chi connectivity index (χ2n) is 4.63. The molecule has 0 fully saturated rings. The smallest absolute Gasteiger partial charge is 0.0757 e. The summed E-state index contributed by atoms with van der Waals surface area (Å²) in [6, 6.07) is 0. The zero-order valence-corrected chi connectivity index (χ0v) is 11.2. The maximum atomic E-state index is 4.75. The molecule has 0 bridgehead atoms. The van der Waals surface area contributed by atoms with Gasteiger partial charge in [0.15, 0.2) is 0 Å². The van der Waals surface area contributed by atoms with Crippen molar-refractivity contribution in [1.29, 1.82) is 0 Å². The molecule has 0 atom stereocenters. The van der Waals surface area contributed by atoms with Crippen LogP contribution in [0, 0.1) is 11.3 Å². The maximum absolute atomic E-state index is 4.75. The number of allylic oxidation sites excluding steroid dienone is 1. The molecule has 0 amide bonds. The largest absolute Gasteiger partial charge is 0.251 e. The fraction of sp³-hybridized carbons (Fsp3) is 0.636. The maximum Gasteiger partial charge on any atom is 0.0757 e. The van der Waals surface area contributed by atoms with Gasteiger partial charge < -0.3 is 0 Å². The molecule has 0 aromatic rings. The minimum Gasteiger partial charge on any atom is -0.251 e. The van der Waals surface area contributed by atoms with Gasteiger partial charge in [-0.2, -0.15) is 0 Å². The quantitative estimate of drug-likeness (QED) is 0.652. The van der Waals surface area contributed by atoms with E-state index in [9.17, 15) is 0 Å². The Morgan fingerprint density at radius 3 is 2.38 bits per heavy atom. The molecule has 1 rings (SSSR count). The summed E-state index contributed by atoms with van der Waals surface area (Å²) in [6.45, 7) is 11.1. The summed E-state index contributed by atoms with van der Waals surface area (Å²) in [4.78, 5) is 4.75. The lowest BCUT2D eigenvalue weighted by Gasteiger charge is -2.21. The normalized spacial score (nSPS) is 18.0. The van der Waals surface area contributed by atoms with Crippen LogP contribution in [0.15, 0.2) is 15.2 Å². The van der Waals surface area contributed by atoms with Crippen molar-refractivity contribution in [2.24, 2.45) is 16.3 Å². The molecule has 0 aliphatic carbocycles. The van der Waals surface area contributed by atoms with Crippen LogP contribution in [0.4, 0.5) is 0 Å². The van der Waals surface area contributed by atoms with E-state index in [-0.39, 0.29) is 26.1 Å². The van der Waals surface area contributed by atoms with Crippen molar-refractivity contribution < 1.29 is 0 Å². The zero-order valence-electron chi connectivity index (χ0n) is 9.06. The molecule has 1 aliphatic heterocycles. The summed E-state index contributed by atoms with van der Waals surface area (Å²) in [6.07, 6.45) is 2.21. The van der Waals surface area contributed by atoms with Gasteiger partial charge in [0, 0.05) is 17.0 Å². The van der Waals surface area contributed by atoms with Crippen molar-refractivity contribution in [2.45, 2.75) is 34.6 Å². The van der Waals surface area contributed by atoms with E-state index in [1.807, 2.05) is 0 Å². The van der Waals surface area contributed by atoms with Crippen molar-refractivity contribution >= 4 is 30.1 Å². The Morgan fingerprint density at radius 1 is 1.31 bits per heavy atom. The predicted octanol–water partition coefficient (Wildman–Crippen LogP) is 3.76. The van der Waals surface area contributed by atoms with Gasteiger partial charge in [-0.3, -0.25) is 4.99 Å². The molecule has 0 unspecified atom stereocenters. The molecule has 1 aliphatic rings. The first-order chi connectivity index (χ1) is 5.91. The number of halogens is 1. The Morgan fingerprint density at radius 2 is 1.92 bits per heavy atom. The molecule has 0 saturated carbocycles. The number of rotatable bonds is 1. The van der Waals surface area contributed by atoms with Crippen LogP contribution in [0.3, 0.4) is 0 Å². The third kappa shape index (κ3) is 3.01. The molecule has 0 saturated heterocycles. The molecule has 0 aromatic heterocycles. The van der Waals surface area contributed by atoms with Gasteiger partial charge in [-0.1, -0.05) is 55.3 Å². The van der Waals surface area contributed by atoms with E-state index >= 15 is 0 Å². The topological polar surface area (TPSA) is 12.4 Å². The molecule has 0 radical (unpaired) electrons. The highest BCUT2D eigenvalue weighted by Crippen LogP contribution is 2.24.